The zero-order chi connectivity index (χ0) is 18.2. The molecule has 8 heteroatoms. The Hall–Kier alpha value is -2.87. The summed E-state index contributed by atoms with van der Waals surface area (Å²) in [5, 5.41) is 28.0. The molecule has 2 aromatic carbocycles. The Kier molecular flexibility index (Phi) is 4.22. The van der Waals surface area contributed by atoms with E-state index in [9.17, 15) is 23.4 Å². The van der Waals surface area contributed by atoms with Crippen LogP contribution in [0.5, 0.6) is 5.75 Å². The van der Waals surface area contributed by atoms with Crippen LogP contribution in [0.3, 0.4) is 0 Å². The second-order valence-electron chi connectivity index (χ2n) is 5.86. The van der Waals surface area contributed by atoms with Crippen molar-refractivity contribution in [1.82, 2.24) is 15.0 Å². The predicted molar refractivity (Wildman–Crippen MR) is 82.6 cm³/mol. The van der Waals surface area contributed by atoms with Gasteiger partial charge in [-0.15, -0.1) is 5.10 Å². The number of halogens is 3. The Balaban J connectivity index is 1.87. The van der Waals surface area contributed by atoms with E-state index in [0.29, 0.717) is 11.8 Å². The first-order valence-corrected chi connectivity index (χ1v) is 7.34. The fourth-order valence-corrected chi connectivity index (χ4v) is 2.56. The van der Waals surface area contributed by atoms with Gasteiger partial charge in [-0.05, 0) is 25.1 Å². The van der Waals surface area contributed by atoms with Gasteiger partial charge in [-0.1, -0.05) is 11.3 Å². The summed E-state index contributed by atoms with van der Waals surface area (Å²) in [7, 11) is 0. The predicted octanol–water partition coefficient (Wildman–Crippen LogP) is 2.84. The van der Waals surface area contributed by atoms with Gasteiger partial charge in [-0.25, -0.2) is 17.9 Å². The molecule has 3 aromatic rings. The molecule has 5 nitrogen and oxygen atoms in total. The maximum atomic E-state index is 13.9. The van der Waals surface area contributed by atoms with Crippen LogP contribution < -0.4 is 0 Å². The molecule has 0 bridgehead atoms. The highest BCUT2D eigenvalue weighted by molar-refractivity contribution is 5.45. The highest BCUT2D eigenvalue weighted by atomic mass is 19.1. The first kappa shape index (κ1) is 17.0. The van der Waals surface area contributed by atoms with Crippen molar-refractivity contribution in [2.24, 2.45) is 0 Å². The molecule has 3 rings (SSSR count). The van der Waals surface area contributed by atoms with E-state index in [1.165, 1.54) is 29.9 Å². The van der Waals surface area contributed by atoms with Crippen LogP contribution in [0.15, 0.2) is 42.6 Å². The molecule has 1 aromatic heterocycles. The third-order valence-electron chi connectivity index (χ3n) is 3.76. The smallest absolute Gasteiger partial charge is 0.144 e. The molecule has 0 spiro atoms. The minimum Gasteiger partial charge on any atom is -0.506 e. The quantitative estimate of drug-likeness (QED) is 0.760. The van der Waals surface area contributed by atoms with Crippen molar-refractivity contribution in [3.63, 3.8) is 0 Å². The summed E-state index contributed by atoms with van der Waals surface area (Å²) in [6.45, 7) is 1.37. The molecule has 25 heavy (non-hydrogen) atoms. The molecule has 1 unspecified atom stereocenters. The van der Waals surface area contributed by atoms with E-state index >= 15 is 0 Å². The molecule has 0 fully saturated rings. The Morgan fingerprint density at radius 2 is 1.76 bits per heavy atom. The van der Waals surface area contributed by atoms with Gasteiger partial charge in [-0.3, -0.25) is 0 Å². The van der Waals surface area contributed by atoms with Crippen LogP contribution in [0, 0.1) is 17.5 Å². The van der Waals surface area contributed by atoms with Crippen LogP contribution in [0.1, 0.15) is 18.2 Å². The van der Waals surface area contributed by atoms with E-state index in [1.807, 2.05) is 0 Å². The standard InChI is InChI=1S/C17H14F3N3O2/c1-17(25,13-4-2-10(18)6-14(13)20)8-12-9-23(22-21-12)15-5-3-11(19)7-16(15)24/h2-7,9,24-25H,8H2,1H3. The van der Waals surface area contributed by atoms with Gasteiger partial charge in [0.2, 0.25) is 0 Å². The zero-order valence-electron chi connectivity index (χ0n) is 13.1. The SMILES string of the molecule is CC(O)(Cc1cn(-c2ccc(F)cc2O)nn1)c1ccc(F)cc1F. The minimum absolute atomic E-state index is 0.0759. The Labute approximate surface area is 141 Å². The normalized spacial score (nSPS) is 13.6. The van der Waals surface area contributed by atoms with Crippen molar-refractivity contribution in [2.45, 2.75) is 18.9 Å². The first-order chi connectivity index (χ1) is 11.8. The van der Waals surface area contributed by atoms with Crippen molar-refractivity contribution < 1.29 is 23.4 Å². The molecule has 0 radical (unpaired) electrons. The van der Waals surface area contributed by atoms with Crippen LogP contribution in [0.2, 0.25) is 0 Å². The number of hydrogen-bond acceptors (Lipinski definition) is 4. The molecular weight excluding hydrogens is 335 g/mol. The summed E-state index contributed by atoms with van der Waals surface area (Å²) in [6, 6.07) is 6.32. The summed E-state index contributed by atoms with van der Waals surface area (Å²) >= 11 is 0. The molecule has 1 heterocycles. The molecule has 0 saturated carbocycles. The lowest BCUT2D eigenvalue weighted by atomic mass is 9.91. The van der Waals surface area contributed by atoms with Crippen LogP contribution in [0.4, 0.5) is 13.2 Å². The van der Waals surface area contributed by atoms with Crippen molar-refractivity contribution >= 4 is 0 Å². The summed E-state index contributed by atoms with van der Waals surface area (Å²) in [5.41, 5.74) is -1.22. The molecular formula is C17H14F3N3O2. The Morgan fingerprint density at radius 1 is 1.08 bits per heavy atom. The highest BCUT2D eigenvalue weighted by Gasteiger charge is 2.28. The number of aromatic nitrogens is 3. The van der Waals surface area contributed by atoms with E-state index in [2.05, 4.69) is 10.3 Å². The lowest BCUT2D eigenvalue weighted by molar-refractivity contribution is 0.0526. The van der Waals surface area contributed by atoms with Crippen molar-refractivity contribution in [1.29, 1.82) is 0 Å². The van der Waals surface area contributed by atoms with Gasteiger partial charge in [0.15, 0.2) is 0 Å². The van der Waals surface area contributed by atoms with Crippen LogP contribution in [0.25, 0.3) is 5.69 Å². The van der Waals surface area contributed by atoms with Crippen molar-refractivity contribution in [3.8, 4) is 11.4 Å². The fourth-order valence-electron chi connectivity index (χ4n) is 2.56. The molecule has 0 amide bonds. The van der Waals surface area contributed by atoms with E-state index in [1.54, 1.807) is 0 Å². The zero-order valence-corrected chi connectivity index (χ0v) is 13.1. The number of aromatic hydroxyl groups is 1. The van der Waals surface area contributed by atoms with Gasteiger partial charge in [0.25, 0.3) is 0 Å². The number of aliphatic hydroxyl groups is 1. The van der Waals surface area contributed by atoms with E-state index < -0.39 is 23.1 Å². The first-order valence-electron chi connectivity index (χ1n) is 7.34. The van der Waals surface area contributed by atoms with Gasteiger partial charge in [-0.2, -0.15) is 0 Å². The number of rotatable bonds is 4. The largest absolute Gasteiger partial charge is 0.506 e. The number of nitrogens with zero attached hydrogens (tertiary/aromatic N) is 3. The topological polar surface area (TPSA) is 71.2 Å². The van der Waals surface area contributed by atoms with Gasteiger partial charge < -0.3 is 10.2 Å². The van der Waals surface area contributed by atoms with Crippen LogP contribution in [-0.4, -0.2) is 25.2 Å². The molecule has 0 aliphatic heterocycles. The molecule has 0 aliphatic carbocycles. The van der Waals surface area contributed by atoms with Gasteiger partial charge >= 0.3 is 0 Å². The average Bonchev–Trinajstić information content (AvgIpc) is 2.94. The molecule has 0 saturated heterocycles. The molecule has 1 atom stereocenters. The van der Waals surface area contributed by atoms with E-state index in [4.69, 9.17) is 0 Å². The Bertz CT molecular complexity index is 925. The van der Waals surface area contributed by atoms with Crippen LogP contribution >= 0.6 is 0 Å². The monoisotopic (exact) mass is 349 g/mol. The summed E-state index contributed by atoms with van der Waals surface area (Å²) in [5.74, 6) is -2.53. The number of benzene rings is 2. The number of hydrogen-bond donors (Lipinski definition) is 2. The third-order valence-corrected chi connectivity index (χ3v) is 3.76. The fraction of sp³-hybridized carbons (Fsp3) is 0.176. The second-order valence-corrected chi connectivity index (χ2v) is 5.86. The van der Waals surface area contributed by atoms with E-state index in [-0.39, 0.29) is 23.4 Å². The maximum Gasteiger partial charge on any atom is 0.144 e. The van der Waals surface area contributed by atoms with Crippen molar-refractivity contribution in [2.75, 3.05) is 0 Å². The van der Waals surface area contributed by atoms with Gasteiger partial charge in [0, 0.05) is 24.1 Å². The number of phenolic OH excluding ortho intramolecular Hbond substituents is 1. The lowest BCUT2D eigenvalue weighted by Crippen LogP contribution is -2.26. The van der Waals surface area contributed by atoms with E-state index in [0.717, 1.165) is 18.2 Å². The second kappa shape index (κ2) is 6.21. The van der Waals surface area contributed by atoms with Crippen LogP contribution in [-0.2, 0) is 12.0 Å². The summed E-state index contributed by atoms with van der Waals surface area (Å²) in [6.07, 6.45) is 1.32. The molecule has 130 valence electrons. The highest BCUT2D eigenvalue weighted by Crippen LogP contribution is 2.28. The summed E-state index contributed by atoms with van der Waals surface area (Å²) < 4.78 is 41.2. The van der Waals surface area contributed by atoms with Crippen molar-refractivity contribution in [3.05, 3.63) is 71.3 Å². The Morgan fingerprint density at radius 3 is 2.44 bits per heavy atom. The lowest BCUT2D eigenvalue weighted by Gasteiger charge is -2.23. The maximum absolute atomic E-state index is 13.9. The molecule has 2 N–H and O–H groups in total. The number of phenols is 1. The summed E-state index contributed by atoms with van der Waals surface area (Å²) in [4.78, 5) is 0. The molecule has 0 aliphatic rings. The average molecular weight is 349 g/mol. The van der Waals surface area contributed by atoms with Gasteiger partial charge in [0.1, 0.15) is 28.9 Å². The minimum atomic E-state index is -1.65. The van der Waals surface area contributed by atoms with Gasteiger partial charge in [0.05, 0.1) is 17.5 Å². The third kappa shape index (κ3) is 3.48.